The number of benzene rings is 1. The van der Waals surface area contributed by atoms with E-state index in [4.69, 9.17) is 4.74 Å². The summed E-state index contributed by atoms with van der Waals surface area (Å²) < 4.78 is 74.0. The molecule has 15 heteroatoms. The SMILES string of the molecule is C[C@@](O)(c1cnc(N2CCN(S(=O)(=O)c3ccccc3S)C[C@@H]2CN2[C@H]3COC[C@@H]2[C@H](O)C3)nc1)C(F)(F)F. The Balaban J connectivity index is 1.44. The van der Waals surface area contributed by atoms with E-state index in [1.54, 1.807) is 23.1 Å². The number of fused-ring (bicyclic) bond motifs is 2. The van der Waals surface area contributed by atoms with Gasteiger partial charge in [-0.3, -0.25) is 4.90 Å². The van der Waals surface area contributed by atoms with Crippen LogP contribution in [-0.2, 0) is 20.4 Å². The van der Waals surface area contributed by atoms with Gasteiger partial charge in [-0.25, -0.2) is 18.4 Å². The minimum Gasteiger partial charge on any atom is -0.391 e. The summed E-state index contributed by atoms with van der Waals surface area (Å²) in [5.41, 5.74) is -3.63. The predicted molar refractivity (Wildman–Crippen MR) is 137 cm³/mol. The first-order valence-corrected chi connectivity index (χ1v) is 14.4. The molecule has 10 nitrogen and oxygen atoms in total. The molecule has 2 aromatic rings. The Morgan fingerprint density at radius 2 is 1.85 bits per heavy atom. The van der Waals surface area contributed by atoms with Crippen LogP contribution in [0.25, 0.3) is 0 Å². The van der Waals surface area contributed by atoms with Crippen molar-refractivity contribution in [2.75, 3.05) is 44.3 Å². The van der Waals surface area contributed by atoms with Crippen LogP contribution in [0.15, 0.2) is 46.5 Å². The first-order valence-electron chi connectivity index (χ1n) is 12.5. The van der Waals surface area contributed by atoms with Crippen LogP contribution in [0.5, 0.6) is 0 Å². The molecule has 2 N–H and O–H groups in total. The Hall–Kier alpha value is -2.01. The van der Waals surface area contributed by atoms with Crippen molar-refractivity contribution in [2.45, 2.75) is 59.1 Å². The predicted octanol–water partition coefficient (Wildman–Crippen LogP) is 1.25. The maximum absolute atomic E-state index is 13.6. The number of rotatable bonds is 6. The van der Waals surface area contributed by atoms with Gasteiger partial charge in [-0.2, -0.15) is 17.5 Å². The lowest BCUT2D eigenvalue weighted by Gasteiger charge is -2.45. The van der Waals surface area contributed by atoms with E-state index in [9.17, 15) is 31.8 Å². The second-order valence-corrected chi connectivity index (χ2v) is 12.7. The summed E-state index contributed by atoms with van der Waals surface area (Å²) >= 11 is 4.32. The molecule has 1 aromatic carbocycles. The van der Waals surface area contributed by atoms with Crippen LogP contribution >= 0.6 is 12.6 Å². The lowest BCUT2D eigenvalue weighted by molar-refractivity contribution is -0.259. The standard InChI is InChI=1S/C24H30F3N5O5S2/c1-23(34,24(25,26)27)15-9-28-22(29-10-15)31-7-6-30(39(35,36)21-5-3-2-4-20(21)38)11-17(31)12-32-16-8-19(33)18(32)14-37-13-16/h2-5,9-10,16-19,33-34,38H,6-8,11-14H2,1H3/t16-,17-,18-,19-,23-/m1/s1. The molecule has 0 aliphatic carbocycles. The van der Waals surface area contributed by atoms with Gasteiger partial charge in [0.05, 0.1) is 36.3 Å². The molecule has 0 unspecified atom stereocenters. The van der Waals surface area contributed by atoms with Crippen LogP contribution in [0, 0.1) is 0 Å². The number of aliphatic hydroxyl groups is 2. The third-order valence-electron chi connectivity index (χ3n) is 7.81. The number of sulfonamides is 1. The number of piperazine rings is 1. The highest BCUT2D eigenvalue weighted by atomic mass is 32.2. The number of hydrogen-bond donors (Lipinski definition) is 3. The van der Waals surface area contributed by atoms with E-state index < -0.39 is 39.5 Å². The molecule has 0 amide bonds. The highest BCUT2D eigenvalue weighted by molar-refractivity contribution is 7.90. The average Bonchev–Trinajstić information content (AvgIpc) is 3.04. The van der Waals surface area contributed by atoms with Crippen molar-refractivity contribution >= 4 is 28.6 Å². The van der Waals surface area contributed by atoms with E-state index in [0.29, 0.717) is 38.0 Å². The molecule has 0 radical (unpaired) electrons. The fraction of sp³-hybridized carbons (Fsp3) is 0.583. The maximum Gasteiger partial charge on any atom is 0.421 e. The number of ether oxygens (including phenoxy) is 1. The molecule has 3 aliphatic heterocycles. The van der Waals surface area contributed by atoms with Gasteiger partial charge in [0.15, 0.2) is 5.60 Å². The number of aliphatic hydroxyl groups excluding tert-OH is 1. The monoisotopic (exact) mass is 589 g/mol. The Kier molecular flexibility index (Phi) is 7.63. The third-order valence-corrected chi connectivity index (χ3v) is 10.3. The van der Waals surface area contributed by atoms with Crippen LogP contribution in [-0.4, -0.2) is 108 Å². The average molecular weight is 590 g/mol. The normalized spacial score (nSPS) is 28.4. The summed E-state index contributed by atoms with van der Waals surface area (Å²) in [4.78, 5) is 12.6. The van der Waals surface area contributed by atoms with E-state index in [0.717, 1.165) is 12.4 Å². The smallest absolute Gasteiger partial charge is 0.391 e. The summed E-state index contributed by atoms with van der Waals surface area (Å²) in [7, 11) is -3.90. The first-order chi connectivity index (χ1) is 18.3. The Labute approximate surface area is 229 Å². The second-order valence-electron chi connectivity index (χ2n) is 10.3. The van der Waals surface area contributed by atoms with Crippen molar-refractivity contribution in [3.05, 3.63) is 42.2 Å². The summed E-state index contributed by atoms with van der Waals surface area (Å²) in [6, 6.07) is 5.63. The molecule has 3 saturated heterocycles. The van der Waals surface area contributed by atoms with Gasteiger partial charge in [-0.1, -0.05) is 12.1 Å². The first kappa shape index (κ1) is 28.5. The highest BCUT2D eigenvalue weighted by Gasteiger charge is 2.52. The number of alkyl halides is 3. The molecule has 3 aliphatic rings. The third kappa shape index (κ3) is 5.25. The molecule has 5 rings (SSSR count). The fourth-order valence-electron chi connectivity index (χ4n) is 5.45. The van der Waals surface area contributed by atoms with E-state index in [2.05, 4.69) is 27.5 Å². The van der Waals surface area contributed by atoms with Crippen LogP contribution in [0.4, 0.5) is 19.1 Å². The fourth-order valence-corrected chi connectivity index (χ4v) is 7.51. The molecule has 1 aromatic heterocycles. The van der Waals surface area contributed by atoms with Gasteiger partial charge in [0.1, 0.15) is 0 Å². The van der Waals surface area contributed by atoms with Gasteiger partial charge in [0.2, 0.25) is 16.0 Å². The van der Waals surface area contributed by atoms with Crippen LogP contribution in [0.2, 0.25) is 0 Å². The van der Waals surface area contributed by atoms with E-state index in [1.165, 1.54) is 10.4 Å². The minimum absolute atomic E-state index is 0.0454. The summed E-state index contributed by atoms with van der Waals surface area (Å²) in [5, 5.41) is 20.5. The number of halogens is 3. The molecule has 0 spiro atoms. The highest BCUT2D eigenvalue weighted by Crippen LogP contribution is 2.38. The Morgan fingerprint density at radius 1 is 1.15 bits per heavy atom. The molecule has 2 bridgehead atoms. The quantitative estimate of drug-likeness (QED) is 0.428. The topological polar surface area (TPSA) is 119 Å². The Morgan fingerprint density at radius 3 is 2.49 bits per heavy atom. The van der Waals surface area contributed by atoms with Gasteiger partial charge in [-0.05, 0) is 25.5 Å². The van der Waals surface area contributed by atoms with Crippen molar-refractivity contribution in [1.82, 2.24) is 19.2 Å². The molecular formula is C24H30F3N5O5S2. The van der Waals surface area contributed by atoms with Crippen LogP contribution in [0.3, 0.4) is 0 Å². The van der Waals surface area contributed by atoms with Gasteiger partial charge >= 0.3 is 6.18 Å². The number of hydrogen-bond acceptors (Lipinski definition) is 10. The molecule has 3 fully saturated rings. The number of nitrogens with zero attached hydrogens (tertiary/aromatic N) is 5. The Bertz CT molecular complexity index is 1300. The molecule has 214 valence electrons. The van der Waals surface area contributed by atoms with E-state index in [1.807, 2.05) is 0 Å². The van der Waals surface area contributed by atoms with Crippen LogP contribution < -0.4 is 4.90 Å². The number of thiol groups is 1. The summed E-state index contributed by atoms with van der Waals surface area (Å²) in [5.74, 6) is 0.120. The lowest BCUT2D eigenvalue weighted by atomic mass is 9.99. The molecular weight excluding hydrogens is 559 g/mol. The number of aromatic nitrogens is 2. The molecule has 0 saturated carbocycles. The largest absolute Gasteiger partial charge is 0.421 e. The number of morpholine rings is 1. The molecule has 4 heterocycles. The van der Waals surface area contributed by atoms with E-state index in [-0.39, 0.29) is 42.6 Å². The maximum atomic E-state index is 13.6. The van der Waals surface area contributed by atoms with Crippen molar-refractivity contribution in [3.63, 3.8) is 0 Å². The van der Waals surface area contributed by atoms with Gasteiger partial charge in [0.25, 0.3) is 0 Å². The van der Waals surface area contributed by atoms with Crippen molar-refractivity contribution in [2.24, 2.45) is 0 Å². The number of anilines is 1. The second kappa shape index (κ2) is 10.4. The van der Waals surface area contributed by atoms with Gasteiger partial charge in [0, 0.05) is 55.1 Å². The van der Waals surface area contributed by atoms with Gasteiger partial charge in [-0.15, -0.1) is 12.6 Å². The zero-order valence-electron chi connectivity index (χ0n) is 21.1. The van der Waals surface area contributed by atoms with Crippen molar-refractivity contribution in [1.29, 1.82) is 0 Å². The minimum atomic E-state index is -4.92. The summed E-state index contributed by atoms with van der Waals surface area (Å²) in [6.07, 6.45) is -3.08. The molecule has 39 heavy (non-hydrogen) atoms. The van der Waals surface area contributed by atoms with Crippen LogP contribution in [0.1, 0.15) is 18.9 Å². The molecule has 5 atom stereocenters. The van der Waals surface area contributed by atoms with Crippen molar-refractivity contribution < 1.29 is 36.5 Å². The van der Waals surface area contributed by atoms with Crippen molar-refractivity contribution in [3.8, 4) is 0 Å². The van der Waals surface area contributed by atoms with E-state index >= 15 is 0 Å². The summed E-state index contributed by atoms with van der Waals surface area (Å²) in [6.45, 7) is 2.10. The zero-order chi connectivity index (χ0) is 28.2. The lowest BCUT2D eigenvalue weighted by Crippen LogP contribution is -2.61. The zero-order valence-corrected chi connectivity index (χ0v) is 22.8. The van der Waals surface area contributed by atoms with Gasteiger partial charge < -0.3 is 19.8 Å².